The molecule has 0 atom stereocenters. The van der Waals surface area contributed by atoms with Crippen LogP contribution < -0.4 is 10.1 Å². The summed E-state index contributed by atoms with van der Waals surface area (Å²) in [6.07, 6.45) is 4.79. The predicted octanol–water partition coefficient (Wildman–Crippen LogP) is 3.44. The molecule has 0 spiro atoms. The molecule has 2 aromatic heterocycles. The average molecular weight is 365 g/mol. The second-order valence-corrected chi connectivity index (χ2v) is 7.25. The van der Waals surface area contributed by atoms with Crippen LogP contribution in [0.3, 0.4) is 0 Å². The second-order valence-electron chi connectivity index (χ2n) is 7.25. The highest BCUT2D eigenvalue weighted by atomic mass is 16.5. The number of hydrogen-bond donors (Lipinski definition) is 1. The van der Waals surface area contributed by atoms with Gasteiger partial charge in [-0.3, -0.25) is 10.1 Å². The molecule has 2 heterocycles. The first-order valence-electron chi connectivity index (χ1n) is 8.59. The minimum absolute atomic E-state index is 0.165. The van der Waals surface area contributed by atoms with Gasteiger partial charge in [-0.2, -0.15) is 0 Å². The van der Waals surface area contributed by atoms with E-state index in [9.17, 15) is 4.79 Å². The minimum atomic E-state index is -0.301. The van der Waals surface area contributed by atoms with Crippen LogP contribution in [0.4, 0.5) is 5.95 Å². The lowest BCUT2D eigenvalue weighted by molar-refractivity contribution is 0.102. The van der Waals surface area contributed by atoms with Gasteiger partial charge in [0.15, 0.2) is 0 Å². The van der Waals surface area contributed by atoms with Crippen LogP contribution in [0, 0.1) is 0 Å². The standard InChI is InChI=1S/C20H23N5O2/c1-20(2,3)18-21-10-14(11-22-18)17(26)24-19-23-12-16(25(19)4)13-6-8-15(27-5)9-7-13/h6-12H,1-5H3,(H,23,24,26). The summed E-state index contributed by atoms with van der Waals surface area (Å²) in [6.45, 7) is 6.07. The van der Waals surface area contributed by atoms with Gasteiger partial charge in [-0.15, -0.1) is 0 Å². The number of nitrogens with zero attached hydrogens (tertiary/aromatic N) is 4. The summed E-state index contributed by atoms with van der Waals surface area (Å²) in [6, 6.07) is 7.66. The number of aromatic nitrogens is 4. The predicted molar refractivity (Wildman–Crippen MR) is 104 cm³/mol. The molecule has 0 aliphatic rings. The van der Waals surface area contributed by atoms with E-state index in [1.54, 1.807) is 13.3 Å². The molecule has 0 unspecified atom stereocenters. The maximum Gasteiger partial charge on any atom is 0.261 e. The smallest absolute Gasteiger partial charge is 0.261 e. The molecule has 3 rings (SSSR count). The Morgan fingerprint density at radius 2 is 1.67 bits per heavy atom. The number of hydrogen-bond acceptors (Lipinski definition) is 5. The third kappa shape index (κ3) is 3.97. The van der Waals surface area contributed by atoms with Gasteiger partial charge in [-0.25, -0.2) is 15.0 Å². The molecule has 140 valence electrons. The first kappa shape index (κ1) is 18.6. The van der Waals surface area contributed by atoms with Crippen LogP contribution in [0.15, 0.2) is 42.9 Å². The number of nitrogens with one attached hydrogen (secondary N) is 1. The quantitative estimate of drug-likeness (QED) is 0.766. The van der Waals surface area contributed by atoms with Crippen LogP contribution in [-0.2, 0) is 12.5 Å². The highest BCUT2D eigenvalue weighted by molar-refractivity contribution is 6.03. The molecule has 0 radical (unpaired) electrons. The van der Waals surface area contributed by atoms with E-state index in [-0.39, 0.29) is 11.3 Å². The van der Waals surface area contributed by atoms with Gasteiger partial charge in [0.2, 0.25) is 5.95 Å². The van der Waals surface area contributed by atoms with Gasteiger partial charge in [-0.05, 0) is 24.3 Å². The molecule has 0 aliphatic carbocycles. The summed E-state index contributed by atoms with van der Waals surface area (Å²) >= 11 is 0. The fraction of sp³-hybridized carbons (Fsp3) is 0.300. The molecule has 0 bridgehead atoms. The fourth-order valence-electron chi connectivity index (χ4n) is 2.56. The van der Waals surface area contributed by atoms with E-state index in [1.807, 2.05) is 56.7 Å². The van der Waals surface area contributed by atoms with Crippen LogP contribution in [0.25, 0.3) is 11.3 Å². The summed E-state index contributed by atoms with van der Waals surface area (Å²) in [4.78, 5) is 25.4. The Morgan fingerprint density at radius 1 is 1.04 bits per heavy atom. The van der Waals surface area contributed by atoms with Crippen LogP contribution in [0.1, 0.15) is 37.0 Å². The van der Waals surface area contributed by atoms with Gasteiger partial charge in [-0.1, -0.05) is 20.8 Å². The van der Waals surface area contributed by atoms with E-state index < -0.39 is 0 Å². The van der Waals surface area contributed by atoms with Crippen LogP contribution in [-0.4, -0.2) is 32.5 Å². The summed E-state index contributed by atoms with van der Waals surface area (Å²) in [7, 11) is 3.48. The zero-order chi connectivity index (χ0) is 19.6. The van der Waals surface area contributed by atoms with E-state index >= 15 is 0 Å². The van der Waals surface area contributed by atoms with Crippen LogP contribution in [0.2, 0.25) is 0 Å². The molecule has 0 fully saturated rings. The van der Waals surface area contributed by atoms with Gasteiger partial charge in [0.25, 0.3) is 5.91 Å². The van der Waals surface area contributed by atoms with E-state index in [0.29, 0.717) is 17.3 Å². The van der Waals surface area contributed by atoms with Crippen LogP contribution >= 0.6 is 0 Å². The lowest BCUT2D eigenvalue weighted by Crippen LogP contribution is -2.19. The summed E-state index contributed by atoms with van der Waals surface area (Å²) < 4.78 is 7.00. The molecule has 1 N–H and O–H groups in total. The Kier molecular flexibility index (Phi) is 4.94. The zero-order valence-electron chi connectivity index (χ0n) is 16.1. The highest BCUT2D eigenvalue weighted by Gasteiger charge is 2.18. The van der Waals surface area contributed by atoms with Crippen molar-refractivity contribution in [2.75, 3.05) is 12.4 Å². The monoisotopic (exact) mass is 365 g/mol. The fourth-order valence-corrected chi connectivity index (χ4v) is 2.56. The van der Waals surface area contributed by atoms with E-state index in [0.717, 1.165) is 17.0 Å². The van der Waals surface area contributed by atoms with Crippen molar-refractivity contribution < 1.29 is 9.53 Å². The molecule has 1 amide bonds. The molecule has 3 aromatic rings. The summed E-state index contributed by atoms with van der Waals surface area (Å²) in [5.41, 5.74) is 2.08. The van der Waals surface area contributed by atoms with Crippen molar-refractivity contribution in [2.45, 2.75) is 26.2 Å². The third-order valence-electron chi connectivity index (χ3n) is 4.18. The minimum Gasteiger partial charge on any atom is -0.497 e. The SMILES string of the molecule is COc1ccc(-c2cnc(NC(=O)c3cnc(C(C)(C)C)nc3)n2C)cc1. The normalized spacial score (nSPS) is 11.3. The van der Waals surface area contributed by atoms with E-state index in [1.165, 1.54) is 12.4 Å². The van der Waals surface area contributed by atoms with Crippen molar-refractivity contribution >= 4 is 11.9 Å². The third-order valence-corrected chi connectivity index (χ3v) is 4.18. The number of amides is 1. The number of methoxy groups -OCH3 is 1. The number of carbonyl (C=O) groups is 1. The van der Waals surface area contributed by atoms with Crippen molar-refractivity contribution in [2.24, 2.45) is 7.05 Å². The highest BCUT2D eigenvalue weighted by Crippen LogP contribution is 2.24. The van der Waals surface area contributed by atoms with E-state index in [4.69, 9.17) is 4.74 Å². The van der Waals surface area contributed by atoms with Gasteiger partial charge < -0.3 is 9.30 Å². The molecule has 0 aliphatic heterocycles. The van der Waals surface area contributed by atoms with Gasteiger partial charge >= 0.3 is 0 Å². The number of imidazole rings is 1. The Labute approximate surface area is 158 Å². The van der Waals surface area contributed by atoms with Crippen molar-refractivity contribution in [1.82, 2.24) is 19.5 Å². The molecular formula is C20H23N5O2. The molecule has 7 nitrogen and oxygen atoms in total. The Morgan fingerprint density at radius 3 is 2.22 bits per heavy atom. The number of ether oxygens (including phenoxy) is 1. The zero-order valence-corrected chi connectivity index (χ0v) is 16.1. The number of anilines is 1. The maximum absolute atomic E-state index is 12.5. The summed E-state index contributed by atoms with van der Waals surface area (Å²) in [5, 5.41) is 2.81. The first-order valence-corrected chi connectivity index (χ1v) is 8.59. The Bertz CT molecular complexity index is 938. The van der Waals surface area contributed by atoms with Crippen LogP contribution in [0.5, 0.6) is 5.75 Å². The van der Waals surface area contributed by atoms with Crippen molar-refractivity contribution in [3.63, 3.8) is 0 Å². The topological polar surface area (TPSA) is 81.9 Å². The Hall–Kier alpha value is -3.22. The molecule has 27 heavy (non-hydrogen) atoms. The van der Waals surface area contributed by atoms with Gasteiger partial charge in [0.05, 0.1) is 24.6 Å². The number of benzene rings is 1. The van der Waals surface area contributed by atoms with Gasteiger partial charge in [0, 0.05) is 30.4 Å². The van der Waals surface area contributed by atoms with Crippen molar-refractivity contribution in [3.8, 4) is 17.0 Å². The molecule has 7 heteroatoms. The van der Waals surface area contributed by atoms with Crippen molar-refractivity contribution in [1.29, 1.82) is 0 Å². The molecule has 1 aromatic carbocycles. The lowest BCUT2D eigenvalue weighted by atomic mass is 9.96. The van der Waals surface area contributed by atoms with E-state index in [2.05, 4.69) is 20.3 Å². The second kappa shape index (κ2) is 7.19. The number of rotatable bonds is 4. The number of carbonyl (C=O) groups excluding carboxylic acids is 1. The Balaban J connectivity index is 1.78. The summed E-state index contributed by atoms with van der Waals surface area (Å²) in [5.74, 6) is 1.63. The van der Waals surface area contributed by atoms with Crippen molar-refractivity contribution in [3.05, 3.63) is 54.2 Å². The molecular weight excluding hydrogens is 342 g/mol. The average Bonchev–Trinajstić information content (AvgIpc) is 3.01. The first-order chi connectivity index (χ1) is 12.8. The molecule has 0 saturated carbocycles. The molecule has 0 saturated heterocycles. The van der Waals surface area contributed by atoms with Gasteiger partial charge in [0.1, 0.15) is 11.6 Å². The lowest BCUT2D eigenvalue weighted by Gasteiger charge is -2.16. The maximum atomic E-state index is 12.5. The largest absolute Gasteiger partial charge is 0.497 e.